The van der Waals surface area contributed by atoms with Gasteiger partial charge in [0, 0.05) is 12.3 Å². The molecule has 0 aliphatic heterocycles. The molecule has 0 aliphatic rings. The molecule has 1 unspecified atom stereocenters. The Morgan fingerprint density at radius 1 is 1.07 bits per heavy atom. The van der Waals surface area contributed by atoms with Gasteiger partial charge in [0.25, 0.3) is 0 Å². The fourth-order valence-corrected chi connectivity index (χ4v) is 3.01. The molecular formula is C20H14Cl3FN4O. The largest absolute Gasteiger partial charge is 0.394 e. The molecule has 5 nitrogen and oxygen atoms in total. The third kappa shape index (κ3) is 4.78. The van der Waals surface area contributed by atoms with Gasteiger partial charge in [-0.25, -0.2) is 9.82 Å². The minimum atomic E-state index is -0.913. The highest BCUT2D eigenvalue weighted by molar-refractivity contribution is 6.42. The van der Waals surface area contributed by atoms with Gasteiger partial charge in [-0.2, -0.15) is 5.26 Å². The van der Waals surface area contributed by atoms with Crippen LogP contribution < -0.4 is 15.9 Å². The lowest BCUT2D eigenvalue weighted by atomic mass is 9.89. The molecule has 0 spiro atoms. The van der Waals surface area contributed by atoms with Crippen LogP contribution in [0, 0.1) is 17.1 Å². The van der Waals surface area contributed by atoms with Crippen molar-refractivity contribution in [1.82, 2.24) is 16.0 Å². The second kappa shape index (κ2) is 8.95. The molecule has 0 aliphatic carbocycles. The lowest BCUT2D eigenvalue weighted by Crippen LogP contribution is -2.50. The van der Waals surface area contributed by atoms with Crippen molar-refractivity contribution in [1.29, 1.82) is 5.26 Å². The second-order valence-electron chi connectivity index (χ2n) is 6.20. The summed E-state index contributed by atoms with van der Waals surface area (Å²) in [5.74, 6) is -0.507. The van der Waals surface area contributed by atoms with E-state index in [9.17, 15) is 4.39 Å². The van der Waals surface area contributed by atoms with Crippen molar-refractivity contribution in [3.8, 4) is 11.8 Å². The number of halogens is 4. The molecule has 0 amide bonds. The second-order valence-corrected chi connectivity index (χ2v) is 7.45. The average Bonchev–Trinajstić information content (AvgIpc) is 2.70. The fourth-order valence-electron chi connectivity index (χ4n) is 2.60. The van der Waals surface area contributed by atoms with Crippen molar-refractivity contribution in [2.75, 3.05) is 0 Å². The van der Waals surface area contributed by atoms with E-state index in [2.05, 4.69) is 16.0 Å². The Morgan fingerprint density at radius 2 is 1.86 bits per heavy atom. The summed E-state index contributed by atoms with van der Waals surface area (Å²) in [5, 5.41) is 10.1. The maximum Gasteiger partial charge on any atom is 0.152 e. The van der Waals surface area contributed by atoms with Crippen molar-refractivity contribution in [3.63, 3.8) is 0 Å². The lowest BCUT2D eigenvalue weighted by Gasteiger charge is -2.31. The number of nitriles is 1. The Labute approximate surface area is 181 Å². The zero-order valence-corrected chi connectivity index (χ0v) is 17.3. The van der Waals surface area contributed by atoms with Crippen molar-refractivity contribution >= 4 is 34.8 Å². The summed E-state index contributed by atoms with van der Waals surface area (Å²) in [4.78, 5) is 9.76. The van der Waals surface area contributed by atoms with E-state index in [4.69, 9.17) is 44.9 Å². The molecule has 3 aromatic rings. The first kappa shape index (κ1) is 21.3. The quantitative estimate of drug-likeness (QED) is 0.491. The van der Waals surface area contributed by atoms with Crippen LogP contribution >= 0.6 is 34.8 Å². The minimum Gasteiger partial charge on any atom is -0.394 e. The van der Waals surface area contributed by atoms with Crippen molar-refractivity contribution in [3.05, 3.63) is 92.4 Å². The summed E-state index contributed by atoms with van der Waals surface area (Å²) in [6.07, 6.45) is 1.52. The fraction of sp³-hybridized carbons (Fsp3) is 0.100. The number of rotatable bonds is 6. The van der Waals surface area contributed by atoms with Crippen molar-refractivity contribution in [2.45, 2.75) is 12.5 Å². The van der Waals surface area contributed by atoms with Gasteiger partial charge >= 0.3 is 0 Å². The summed E-state index contributed by atoms with van der Waals surface area (Å²) in [6.45, 7) is 1.85. The molecule has 0 radical (unpaired) electrons. The van der Waals surface area contributed by atoms with E-state index in [0.717, 1.165) is 11.6 Å². The highest BCUT2D eigenvalue weighted by Gasteiger charge is 2.31. The molecule has 3 rings (SSSR count). The zero-order valence-electron chi connectivity index (χ0n) is 15.0. The number of hydrogen-bond donors (Lipinski definition) is 2. The van der Waals surface area contributed by atoms with Crippen LogP contribution in [0.4, 0.5) is 4.39 Å². The van der Waals surface area contributed by atoms with E-state index >= 15 is 0 Å². The van der Waals surface area contributed by atoms with Crippen LogP contribution in [0.5, 0.6) is 5.75 Å². The highest BCUT2D eigenvalue weighted by Crippen LogP contribution is 2.32. The number of nitrogens with one attached hydrogen (secondary N) is 2. The van der Waals surface area contributed by atoms with Gasteiger partial charge in [-0.1, -0.05) is 46.5 Å². The molecule has 0 saturated carbocycles. The Balaban J connectivity index is 1.87. The van der Waals surface area contributed by atoms with E-state index in [1.807, 2.05) is 6.92 Å². The first-order chi connectivity index (χ1) is 13.8. The molecule has 0 bridgehead atoms. The van der Waals surface area contributed by atoms with Crippen LogP contribution in [0.1, 0.15) is 23.7 Å². The zero-order chi connectivity index (χ0) is 21.0. The normalized spacial score (nSPS) is 12.8. The topological polar surface area (TPSA) is 70.0 Å². The molecule has 2 N–H and O–H groups in total. The molecule has 148 valence electrons. The first-order valence-electron chi connectivity index (χ1n) is 8.30. The van der Waals surface area contributed by atoms with Crippen LogP contribution in [0.15, 0.2) is 54.7 Å². The van der Waals surface area contributed by atoms with Gasteiger partial charge < -0.3 is 4.84 Å². The van der Waals surface area contributed by atoms with Crippen LogP contribution in [-0.4, -0.2) is 4.98 Å². The maximum absolute atomic E-state index is 13.8. The SMILES string of the molecule is CC(NNOc1ccc(C#N)c(F)c1)(c1ccc(Cl)c(Cl)c1)c1ccc(Cl)cn1. The molecular weight excluding hydrogens is 438 g/mol. The molecule has 29 heavy (non-hydrogen) atoms. The third-order valence-electron chi connectivity index (χ3n) is 4.27. The summed E-state index contributed by atoms with van der Waals surface area (Å²) < 4.78 is 13.8. The summed E-state index contributed by atoms with van der Waals surface area (Å²) >= 11 is 18.2. The van der Waals surface area contributed by atoms with Crippen LogP contribution in [0.2, 0.25) is 15.1 Å². The van der Waals surface area contributed by atoms with Gasteiger partial charge in [-0.05, 0) is 48.9 Å². The first-order valence-corrected chi connectivity index (χ1v) is 9.43. The predicted octanol–water partition coefficient (Wildman–Crippen LogP) is 5.40. The molecule has 2 aromatic carbocycles. The van der Waals surface area contributed by atoms with E-state index in [1.54, 1.807) is 36.4 Å². The average molecular weight is 452 g/mol. The van der Waals surface area contributed by atoms with Crippen molar-refractivity contribution < 1.29 is 9.23 Å². The van der Waals surface area contributed by atoms with Gasteiger partial charge in [0.2, 0.25) is 0 Å². The van der Waals surface area contributed by atoms with Gasteiger partial charge in [0.1, 0.15) is 11.9 Å². The third-order valence-corrected chi connectivity index (χ3v) is 5.23. The standard InChI is InChI=1S/C20H14Cl3FN4O/c1-20(19-7-4-14(21)11-26-19,13-3-6-16(22)17(23)8-13)27-28-29-15-5-2-12(10-25)18(24)9-15/h2-9,11,27-28H,1H3. The maximum atomic E-state index is 13.8. The van der Waals surface area contributed by atoms with E-state index in [0.29, 0.717) is 20.8 Å². The van der Waals surface area contributed by atoms with Crippen LogP contribution in [0.3, 0.4) is 0 Å². The minimum absolute atomic E-state index is 0.0729. The molecule has 0 fully saturated rings. The Morgan fingerprint density at radius 3 is 2.48 bits per heavy atom. The van der Waals surface area contributed by atoms with Crippen molar-refractivity contribution in [2.24, 2.45) is 0 Å². The number of hydrogen-bond acceptors (Lipinski definition) is 5. The number of hydrazine groups is 1. The molecule has 1 aromatic heterocycles. The Kier molecular flexibility index (Phi) is 6.58. The summed E-state index contributed by atoms with van der Waals surface area (Å²) in [5.41, 5.74) is 6.00. The predicted molar refractivity (Wildman–Crippen MR) is 110 cm³/mol. The Hall–Kier alpha value is -2.40. The summed E-state index contributed by atoms with van der Waals surface area (Å²) in [6, 6.07) is 14.3. The molecule has 1 atom stereocenters. The molecule has 0 saturated heterocycles. The van der Waals surface area contributed by atoms with Gasteiger partial charge in [-0.3, -0.25) is 4.98 Å². The number of pyridine rings is 1. The lowest BCUT2D eigenvalue weighted by molar-refractivity contribution is 0.112. The Bertz CT molecular complexity index is 1070. The highest BCUT2D eigenvalue weighted by atomic mass is 35.5. The van der Waals surface area contributed by atoms with Gasteiger partial charge in [0.05, 0.1) is 31.9 Å². The molecule has 9 heteroatoms. The number of nitrogens with zero attached hydrogens (tertiary/aromatic N) is 2. The van der Waals surface area contributed by atoms with Crippen LogP contribution in [-0.2, 0) is 5.54 Å². The monoisotopic (exact) mass is 450 g/mol. The van der Waals surface area contributed by atoms with Crippen LogP contribution in [0.25, 0.3) is 0 Å². The van der Waals surface area contributed by atoms with Gasteiger partial charge in [-0.15, -0.1) is 0 Å². The summed E-state index contributed by atoms with van der Waals surface area (Å²) in [7, 11) is 0. The van der Waals surface area contributed by atoms with E-state index < -0.39 is 11.4 Å². The number of aromatic nitrogens is 1. The number of benzene rings is 2. The van der Waals surface area contributed by atoms with E-state index in [1.165, 1.54) is 18.3 Å². The van der Waals surface area contributed by atoms with Gasteiger partial charge in [0.15, 0.2) is 5.75 Å². The van der Waals surface area contributed by atoms with E-state index in [-0.39, 0.29) is 11.3 Å². The molecule has 1 heterocycles. The smallest absolute Gasteiger partial charge is 0.152 e.